The molecular weight excluding hydrogens is 304 g/mol. The van der Waals surface area contributed by atoms with E-state index in [9.17, 15) is 4.79 Å². The molecule has 128 valence electrons. The maximum Gasteiger partial charge on any atom is 0.410 e. The Kier molecular flexibility index (Phi) is 4.07. The number of hydrogen-bond acceptors (Lipinski definition) is 4. The number of ether oxygens (including phenoxy) is 1. The molecule has 0 saturated carbocycles. The van der Waals surface area contributed by atoms with Crippen LogP contribution in [0.3, 0.4) is 0 Å². The van der Waals surface area contributed by atoms with E-state index in [1.807, 2.05) is 27.7 Å². The van der Waals surface area contributed by atoms with Gasteiger partial charge in [0.1, 0.15) is 17.6 Å². The Morgan fingerprint density at radius 1 is 1.29 bits per heavy atom. The van der Waals surface area contributed by atoms with Crippen molar-refractivity contribution in [3.63, 3.8) is 0 Å². The first-order chi connectivity index (χ1) is 11.3. The van der Waals surface area contributed by atoms with Gasteiger partial charge in [0, 0.05) is 24.2 Å². The number of rotatable bonds is 1. The summed E-state index contributed by atoms with van der Waals surface area (Å²) in [7, 11) is 0. The van der Waals surface area contributed by atoms with Crippen molar-refractivity contribution in [2.75, 3.05) is 13.1 Å². The van der Waals surface area contributed by atoms with E-state index in [-0.39, 0.29) is 6.09 Å². The van der Waals surface area contributed by atoms with E-state index in [1.54, 1.807) is 11.2 Å². The topological polar surface area (TPSA) is 71.1 Å². The van der Waals surface area contributed by atoms with Crippen LogP contribution in [0, 0.1) is 13.8 Å². The average Bonchev–Trinajstić information content (AvgIpc) is 2.81. The lowest BCUT2D eigenvalue weighted by molar-refractivity contribution is 0.0270. The Labute approximate surface area is 141 Å². The van der Waals surface area contributed by atoms with Gasteiger partial charge in [0.05, 0.1) is 5.69 Å². The van der Waals surface area contributed by atoms with Crippen molar-refractivity contribution in [1.29, 1.82) is 0 Å². The van der Waals surface area contributed by atoms with E-state index in [1.165, 1.54) is 5.56 Å². The predicted molar refractivity (Wildman–Crippen MR) is 93.8 cm³/mol. The molecule has 0 saturated heterocycles. The van der Waals surface area contributed by atoms with Gasteiger partial charge >= 0.3 is 6.09 Å². The van der Waals surface area contributed by atoms with Gasteiger partial charge in [0.2, 0.25) is 0 Å². The van der Waals surface area contributed by atoms with Gasteiger partial charge < -0.3 is 14.6 Å². The van der Waals surface area contributed by atoms with Gasteiger partial charge in [-0.15, -0.1) is 0 Å². The number of nitrogens with one attached hydrogen (secondary N) is 1. The van der Waals surface area contributed by atoms with E-state index in [0.29, 0.717) is 13.1 Å². The number of carbonyl (C=O) groups excluding carboxylic acids is 1. The van der Waals surface area contributed by atoms with Crippen LogP contribution >= 0.6 is 0 Å². The number of nitrogens with zero attached hydrogens (tertiary/aromatic N) is 3. The number of amides is 1. The van der Waals surface area contributed by atoms with Crippen LogP contribution in [-0.2, 0) is 4.74 Å². The maximum absolute atomic E-state index is 12.2. The first kappa shape index (κ1) is 16.5. The fraction of sp³-hybridized carbons (Fsp3) is 0.500. The summed E-state index contributed by atoms with van der Waals surface area (Å²) in [6, 6.07) is 0. The average molecular weight is 328 g/mol. The molecule has 3 rings (SSSR count). The molecule has 1 amide bonds. The number of carbonyl (C=O) groups is 1. The molecule has 6 heteroatoms. The van der Waals surface area contributed by atoms with E-state index in [0.717, 1.165) is 34.4 Å². The minimum Gasteiger partial charge on any atom is -0.444 e. The normalized spacial score (nSPS) is 15.5. The molecule has 0 aromatic carbocycles. The van der Waals surface area contributed by atoms with Crippen molar-refractivity contribution >= 4 is 22.7 Å². The lowest BCUT2D eigenvalue weighted by Gasteiger charge is -2.29. The molecular formula is C18H24N4O2. The van der Waals surface area contributed by atoms with Crippen molar-refractivity contribution in [3.8, 4) is 0 Å². The maximum atomic E-state index is 12.2. The monoisotopic (exact) mass is 328 g/mol. The second-order valence-electron chi connectivity index (χ2n) is 7.23. The van der Waals surface area contributed by atoms with Crippen molar-refractivity contribution in [2.24, 2.45) is 0 Å². The minimum absolute atomic E-state index is 0.265. The van der Waals surface area contributed by atoms with Crippen molar-refractivity contribution in [2.45, 2.75) is 46.6 Å². The lowest BCUT2D eigenvalue weighted by Crippen LogP contribution is -2.39. The fourth-order valence-electron chi connectivity index (χ4n) is 2.91. The molecule has 1 N–H and O–H groups in total. The molecule has 0 atom stereocenters. The van der Waals surface area contributed by atoms with Crippen LogP contribution in [0.4, 0.5) is 4.79 Å². The molecule has 24 heavy (non-hydrogen) atoms. The molecule has 2 aromatic rings. The molecule has 0 aliphatic carbocycles. The molecule has 0 radical (unpaired) electrons. The Morgan fingerprint density at radius 3 is 2.67 bits per heavy atom. The fourth-order valence-corrected chi connectivity index (χ4v) is 2.91. The van der Waals surface area contributed by atoms with E-state index < -0.39 is 5.60 Å². The van der Waals surface area contributed by atoms with Crippen LogP contribution in [0.15, 0.2) is 12.4 Å². The zero-order chi connectivity index (χ0) is 17.5. The summed E-state index contributed by atoms with van der Waals surface area (Å²) in [5.41, 5.74) is 4.80. The quantitative estimate of drug-likeness (QED) is 0.868. The second-order valence-corrected chi connectivity index (χ2v) is 7.23. The van der Waals surface area contributed by atoms with Gasteiger partial charge in [-0.25, -0.2) is 14.8 Å². The molecule has 0 spiro atoms. The Hall–Kier alpha value is -2.37. The van der Waals surface area contributed by atoms with E-state index >= 15 is 0 Å². The number of H-pyrrole nitrogens is 1. The highest BCUT2D eigenvalue weighted by atomic mass is 16.6. The van der Waals surface area contributed by atoms with Gasteiger partial charge in [-0.1, -0.05) is 6.08 Å². The molecule has 0 fully saturated rings. The standard InChI is InChI=1S/C18H24N4O2/c1-11-12(2)21-16-14(11)15(19-10-20-16)13-6-8-22(9-7-13)17(23)24-18(3,4)5/h6,10H,7-9H2,1-5H3,(H,19,20,21). The number of aromatic amines is 1. The number of aryl methyl sites for hydroxylation is 2. The van der Waals surface area contributed by atoms with Crippen LogP contribution in [-0.4, -0.2) is 44.6 Å². The first-order valence-electron chi connectivity index (χ1n) is 8.23. The van der Waals surface area contributed by atoms with Crippen LogP contribution in [0.2, 0.25) is 0 Å². The lowest BCUT2D eigenvalue weighted by atomic mass is 10.0. The smallest absolute Gasteiger partial charge is 0.410 e. The highest BCUT2D eigenvalue weighted by molar-refractivity contribution is 5.92. The Morgan fingerprint density at radius 2 is 2.04 bits per heavy atom. The Balaban J connectivity index is 1.85. The SMILES string of the molecule is Cc1[nH]c2ncnc(C3=CCN(C(=O)OC(C)(C)C)CC3)c2c1C. The highest BCUT2D eigenvalue weighted by Crippen LogP contribution is 2.30. The molecule has 6 nitrogen and oxygen atoms in total. The van der Waals surface area contributed by atoms with Gasteiger partial charge in [0.25, 0.3) is 0 Å². The number of fused-ring (bicyclic) bond motifs is 1. The number of hydrogen-bond donors (Lipinski definition) is 1. The predicted octanol–water partition coefficient (Wildman–Crippen LogP) is 3.60. The second kappa shape index (κ2) is 5.92. The summed E-state index contributed by atoms with van der Waals surface area (Å²) in [6.45, 7) is 10.9. The third-order valence-corrected chi connectivity index (χ3v) is 4.26. The van der Waals surface area contributed by atoms with Gasteiger partial charge in [-0.05, 0) is 52.2 Å². The first-order valence-corrected chi connectivity index (χ1v) is 8.23. The van der Waals surface area contributed by atoms with Gasteiger partial charge in [-0.3, -0.25) is 0 Å². The zero-order valence-electron chi connectivity index (χ0n) is 14.9. The van der Waals surface area contributed by atoms with Crippen molar-refractivity contribution < 1.29 is 9.53 Å². The summed E-state index contributed by atoms with van der Waals surface area (Å²) in [6.07, 6.45) is 4.15. The summed E-state index contributed by atoms with van der Waals surface area (Å²) in [5, 5.41) is 1.08. The highest BCUT2D eigenvalue weighted by Gasteiger charge is 2.25. The summed E-state index contributed by atoms with van der Waals surface area (Å²) < 4.78 is 5.44. The van der Waals surface area contributed by atoms with Crippen molar-refractivity contribution in [1.82, 2.24) is 19.9 Å². The van der Waals surface area contributed by atoms with Gasteiger partial charge in [0.15, 0.2) is 0 Å². The van der Waals surface area contributed by atoms with E-state index in [4.69, 9.17) is 4.74 Å². The van der Waals surface area contributed by atoms with Crippen LogP contribution in [0.25, 0.3) is 16.6 Å². The van der Waals surface area contributed by atoms with Crippen LogP contribution in [0.5, 0.6) is 0 Å². The molecule has 0 unspecified atom stereocenters. The number of aromatic nitrogens is 3. The zero-order valence-corrected chi connectivity index (χ0v) is 14.9. The Bertz CT molecular complexity index is 814. The molecule has 1 aliphatic rings. The van der Waals surface area contributed by atoms with Crippen LogP contribution < -0.4 is 0 Å². The van der Waals surface area contributed by atoms with Crippen molar-refractivity contribution in [3.05, 3.63) is 29.4 Å². The molecule has 3 heterocycles. The summed E-state index contributed by atoms with van der Waals surface area (Å²) in [5.74, 6) is 0. The largest absolute Gasteiger partial charge is 0.444 e. The third-order valence-electron chi connectivity index (χ3n) is 4.26. The summed E-state index contributed by atoms with van der Waals surface area (Å²) in [4.78, 5) is 26.0. The summed E-state index contributed by atoms with van der Waals surface area (Å²) >= 11 is 0. The van der Waals surface area contributed by atoms with E-state index in [2.05, 4.69) is 28.0 Å². The molecule has 0 bridgehead atoms. The van der Waals surface area contributed by atoms with Crippen LogP contribution in [0.1, 0.15) is 44.1 Å². The van der Waals surface area contributed by atoms with Gasteiger partial charge in [-0.2, -0.15) is 0 Å². The molecule has 2 aromatic heterocycles. The minimum atomic E-state index is -0.473. The third kappa shape index (κ3) is 3.13. The molecule has 1 aliphatic heterocycles.